The zero-order chi connectivity index (χ0) is 13.1. The predicted molar refractivity (Wildman–Crippen MR) is 71.5 cm³/mol. The fourth-order valence-electron chi connectivity index (χ4n) is 2.00. The number of aromatic nitrogens is 2. The van der Waals surface area contributed by atoms with E-state index in [0.717, 1.165) is 30.5 Å². The van der Waals surface area contributed by atoms with Crippen molar-refractivity contribution in [2.75, 3.05) is 13.1 Å². The maximum Gasteiger partial charge on any atom is 0.221 e. The Morgan fingerprint density at radius 2 is 2.33 bits per heavy atom. The second-order valence-corrected chi connectivity index (χ2v) is 5.91. The number of nitrogens with one attached hydrogen (secondary N) is 1. The summed E-state index contributed by atoms with van der Waals surface area (Å²) in [7, 11) is 0. The van der Waals surface area contributed by atoms with Gasteiger partial charge in [-0.1, -0.05) is 13.8 Å². The Morgan fingerprint density at radius 1 is 1.56 bits per heavy atom. The van der Waals surface area contributed by atoms with Crippen molar-refractivity contribution < 1.29 is 4.79 Å². The fraction of sp³-hybridized carbons (Fsp3) is 0.750. The van der Waals surface area contributed by atoms with Gasteiger partial charge in [0.15, 0.2) is 0 Å². The lowest BCUT2D eigenvalue weighted by atomic mass is 10.2. The van der Waals surface area contributed by atoms with Crippen LogP contribution in [0.2, 0.25) is 0 Å². The zero-order valence-corrected chi connectivity index (χ0v) is 12.0. The molecule has 1 aliphatic heterocycles. The van der Waals surface area contributed by atoms with E-state index in [9.17, 15) is 4.79 Å². The number of nitrogens with zero attached hydrogens (tertiary/aromatic N) is 3. The van der Waals surface area contributed by atoms with E-state index in [-0.39, 0.29) is 11.9 Å². The van der Waals surface area contributed by atoms with E-state index in [2.05, 4.69) is 40.3 Å². The maximum absolute atomic E-state index is 11.4. The Bertz CT molecular complexity index is 418. The molecule has 1 fully saturated rings. The summed E-state index contributed by atoms with van der Waals surface area (Å²) < 4.78 is 4.37. The van der Waals surface area contributed by atoms with Crippen LogP contribution >= 0.6 is 11.5 Å². The smallest absolute Gasteiger partial charge is 0.221 e. The minimum absolute atomic E-state index is 0.144. The third-order valence-corrected chi connectivity index (χ3v) is 3.87. The van der Waals surface area contributed by atoms with Crippen molar-refractivity contribution in [3.63, 3.8) is 0 Å². The number of hydrogen-bond acceptors (Lipinski definition) is 5. The van der Waals surface area contributed by atoms with E-state index in [4.69, 9.17) is 0 Å². The summed E-state index contributed by atoms with van der Waals surface area (Å²) in [4.78, 5) is 18.3. The molecule has 0 radical (unpaired) electrons. The lowest BCUT2D eigenvalue weighted by molar-refractivity contribution is -0.121. The molecule has 6 heteroatoms. The molecule has 1 atom stereocenters. The third kappa shape index (κ3) is 3.26. The molecule has 1 saturated heterocycles. The van der Waals surface area contributed by atoms with Crippen molar-refractivity contribution in [2.45, 2.75) is 45.7 Å². The lowest BCUT2D eigenvalue weighted by Crippen LogP contribution is -2.33. The monoisotopic (exact) mass is 268 g/mol. The molecule has 100 valence electrons. The molecular weight excluding hydrogens is 248 g/mol. The molecule has 0 saturated carbocycles. The first-order valence-electron chi connectivity index (χ1n) is 6.39. The molecule has 0 aromatic carbocycles. The van der Waals surface area contributed by atoms with E-state index in [0.29, 0.717) is 12.3 Å². The average molecular weight is 268 g/mol. The number of carbonyl (C=O) groups excluding carboxylic acids is 1. The molecule has 0 bridgehead atoms. The molecule has 2 rings (SSSR count). The van der Waals surface area contributed by atoms with Gasteiger partial charge in [0.05, 0.1) is 6.54 Å². The molecule has 1 N–H and O–H groups in total. The molecule has 1 aliphatic rings. The van der Waals surface area contributed by atoms with Crippen molar-refractivity contribution in [3.8, 4) is 0 Å². The summed E-state index contributed by atoms with van der Waals surface area (Å²) in [6, 6.07) is 0.263. The molecule has 5 nitrogen and oxygen atoms in total. The Kier molecular flexibility index (Phi) is 4.29. The van der Waals surface area contributed by atoms with Gasteiger partial charge < -0.3 is 5.32 Å². The van der Waals surface area contributed by atoms with Crippen LogP contribution in [0.15, 0.2) is 0 Å². The quantitative estimate of drug-likeness (QED) is 0.899. The highest BCUT2D eigenvalue weighted by atomic mass is 32.1. The number of carbonyl (C=O) groups is 1. The van der Waals surface area contributed by atoms with Gasteiger partial charge in [-0.25, -0.2) is 4.98 Å². The van der Waals surface area contributed by atoms with Gasteiger partial charge in [0.1, 0.15) is 10.8 Å². The fourth-order valence-corrected chi connectivity index (χ4v) is 2.81. The summed E-state index contributed by atoms with van der Waals surface area (Å²) in [5.74, 6) is 1.44. The van der Waals surface area contributed by atoms with E-state index in [1.54, 1.807) is 0 Å². The van der Waals surface area contributed by atoms with Crippen LogP contribution in [0, 0.1) is 0 Å². The molecule has 1 amide bonds. The average Bonchev–Trinajstić information content (AvgIpc) is 2.70. The standard InChI is InChI=1S/C12H20N4OS/c1-8(2)12-14-11(18-15-12)7-16-5-4-13-10(17)6-9(16)3/h8-9H,4-7H2,1-3H3,(H,13,17). The highest BCUT2D eigenvalue weighted by Crippen LogP contribution is 2.17. The van der Waals surface area contributed by atoms with Crippen LogP contribution in [0.4, 0.5) is 0 Å². The molecule has 1 aromatic rings. The first-order chi connectivity index (χ1) is 8.56. The molecule has 18 heavy (non-hydrogen) atoms. The lowest BCUT2D eigenvalue weighted by Gasteiger charge is -2.24. The van der Waals surface area contributed by atoms with Gasteiger partial charge in [0, 0.05) is 31.5 Å². The number of rotatable bonds is 3. The molecule has 2 heterocycles. The second kappa shape index (κ2) is 5.75. The molecular formula is C12H20N4OS. The first kappa shape index (κ1) is 13.4. The summed E-state index contributed by atoms with van der Waals surface area (Å²) in [6.45, 7) is 8.68. The van der Waals surface area contributed by atoms with Crippen LogP contribution in [-0.4, -0.2) is 39.3 Å². The summed E-state index contributed by atoms with van der Waals surface area (Å²) in [5, 5.41) is 3.94. The van der Waals surface area contributed by atoms with E-state index in [1.165, 1.54) is 11.5 Å². The SMILES string of the molecule is CC(C)c1nsc(CN2CCNC(=O)CC2C)n1. The zero-order valence-electron chi connectivity index (χ0n) is 11.1. The van der Waals surface area contributed by atoms with E-state index in [1.807, 2.05) is 0 Å². The van der Waals surface area contributed by atoms with Crippen molar-refractivity contribution in [2.24, 2.45) is 0 Å². The summed E-state index contributed by atoms with van der Waals surface area (Å²) in [5.41, 5.74) is 0. The van der Waals surface area contributed by atoms with E-state index < -0.39 is 0 Å². The van der Waals surface area contributed by atoms with Gasteiger partial charge in [0.25, 0.3) is 0 Å². The normalized spacial score (nSPS) is 22.0. The van der Waals surface area contributed by atoms with Crippen molar-refractivity contribution >= 4 is 17.4 Å². The Hall–Kier alpha value is -1.01. The minimum atomic E-state index is 0.144. The third-order valence-electron chi connectivity index (χ3n) is 3.16. The first-order valence-corrected chi connectivity index (χ1v) is 7.17. The highest BCUT2D eigenvalue weighted by molar-refractivity contribution is 7.05. The maximum atomic E-state index is 11.4. The molecule has 1 aromatic heterocycles. The van der Waals surface area contributed by atoms with Gasteiger partial charge >= 0.3 is 0 Å². The van der Waals surface area contributed by atoms with Crippen LogP contribution in [0.3, 0.4) is 0 Å². The van der Waals surface area contributed by atoms with Gasteiger partial charge in [-0.15, -0.1) is 0 Å². The summed E-state index contributed by atoms with van der Waals surface area (Å²) >= 11 is 1.47. The molecule has 0 spiro atoms. The van der Waals surface area contributed by atoms with E-state index >= 15 is 0 Å². The molecule has 1 unspecified atom stereocenters. The van der Waals surface area contributed by atoms with Crippen LogP contribution in [-0.2, 0) is 11.3 Å². The summed E-state index contributed by atoms with van der Waals surface area (Å²) in [6.07, 6.45) is 0.565. The van der Waals surface area contributed by atoms with Crippen molar-refractivity contribution in [3.05, 3.63) is 10.8 Å². The number of hydrogen-bond donors (Lipinski definition) is 1. The van der Waals surface area contributed by atoms with Gasteiger partial charge in [-0.05, 0) is 18.5 Å². The molecule has 0 aliphatic carbocycles. The predicted octanol–water partition coefficient (Wildman–Crippen LogP) is 1.37. The van der Waals surface area contributed by atoms with Gasteiger partial charge in [0.2, 0.25) is 5.91 Å². The van der Waals surface area contributed by atoms with Crippen molar-refractivity contribution in [1.29, 1.82) is 0 Å². The Balaban J connectivity index is 2.00. The Labute approximate surface area is 112 Å². The Morgan fingerprint density at radius 3 is 3.00 bits per heavy atom. The van der Waals surface area contributed by atoms with Crippen LogP contribution in [0.5, 0.6) is 0 Å². The van der Waals surface area contributed by atoms with Crippen LogP contribution < -0.4 is 5.32 Å². The van der Waals surface area contributed by atoms with Crippen LogP contribution in [0.25, 0.3) is 0 Å². The second-order valence-electron chi connectivity index (χ2n) is 5.07. The number of amides is 1. The minimum Gasteiger partial charge on any atom is -0.355 e. The van der Waals surface area contributed by atoms with Crippen molar-refractivity contribution in [1.82, 2.24) is 19.6 Å². The van der Waals surface area contributed by atoms with Gasteiger partial charge in [-0.2, -0.15) is 4.37 Å². The topological polar surface area (TPSA) is 58.1 Å². The van der Waals surface area contributed by atoms with Crippen LogP contribution in [0.1, 0.15) is 43.9 Å². The van der Waals surface area contributed by atoms with Gasteiger partial charge in [-0.3, -0.25) is 9.69 Å². The largest absolute Gasteiger partial charge is 0.355 e. The highest BCUT2D eigenvalue weighted by Gasteiger charge is 2.22.